The summed E-state index contributed by atoms with van der Waals surface area (Å²) < 4.78 is 27.6. The molecule has 2 heterocycles. The molecule has 0 aromatic heterocycles. The molecule has 0 aliphatic carbocycles. The number of piperidine rings is 1. The smallest absolute Gasteiger partial charge is 0.236 e. The summed E-state index contributed by atoms with van der Waals surface area (Å²) in [6.45, 7) is 3.66. The first-order valence-electron chi connectivity index (χ1n) is 7.80. The van der Waals surface area contributed by atoms with Gasteiger partial charge in [-0.1, -0.05) is 6.07 Å². The topological polar surface area (TPSA) is 35.6 Å². The fourth-order valence-corrected chi connectivity index (χ4v) is 3.34. The fraction of sp³-hybridized carbons (Fsp3) is 0.562. The number of halogens is 2. The van der Waals surface area contributed by atoms with Crippen LogP contribution in [-0.4, -0.2) is 54.5 Å². The summed E-state index contributed by atoms with van der Waals surface area (Å²) in [5, 5.41) is 3.07. The molecule has 6 heteroatoms. The molecule has 1 N–H and O–H groups in total. The van der Waals surface area contributed by atoms with Crippen molar-refractivity contribution in [3.8, 4) is 0 Å². The van der Waals surface area contributed by atoms with Crippen LogP contribution in [0.3, 0.4) is 0 Å². The van der Waals surface area contributed by atoms with Gasteiger partial charge in [0.15, 0.2) is 0 Å². The molecule has 2 fully saturated rings. The molecule has 3 rings (SSSR count). The Hall–Kier alpha value is -1.53. The number of nitrogens with one attached hydrogen (secondary N) is 1. The predicted octanol–water partition coefficient (Wildman–Crippen LogP) is 1.36. The molecular formula is C16H21F2N3O. The van der Waals surface area contributed by atoms with Crippen LogP contribution in [0.4, 0.5) is 8.78 Å². The molecule has 0 bridgehead atoms. The number of hydrogen-bond acceptors (Lipinski definition) is 3. The second kappa shape index (κ2) is 6.71. The molecule has 22 heavy (non-hydrogen) atoms. The Kier molecular flexibility index (Phi) is 4.69. The van der Waals surface area contributed by atoms with Crippen molar-refractivity contribution in [1.82, 2.24) is 15.1 Å². The molecule has 1 amide bonds. The predicted molar refractivity (Wildman–Crippen MR) is 79.2 cm³/mol. The average Bonchev–Trinajstić information content (AvgIpc) is 2.52. The first-order chi connectivity index (χ1) is 10.6. The Morgan fingerprint density at radius 2 is 2.00 bits per heavy atom. The molecule has 4 nitrogen and oxygen atoms in total. The second-order valence-electron chi connectivity index (χ2n) is 6.00. The van der Waals surface area contributed by atoms with E-state index in [0.29, 0.717) is 19.6 Å². The first kappa shape index (κ1) is 15.4. The van der Waals surface area contributed by atoms with Gasteiger partial charge in [0.25, 0.3) is 0 Å². The molecule has 1 atom stereocenters. The Morgan fingerprint density at radius 1 is 1.23 bits per heavy atom. The Labute approximate surface area is 129 Å². The van der Waals surface area contributed by atoms with Gasteiger partial charge < -0.3 is 10.2 Å². The van der Waals surface area contributed by atoms with Crippen molar-refractivity contribution >= 4 is 5.91 Å². The SMILES string of the molecule is O=C1CNCCN1C1CCCN(Cc2c(F)cccc2F)C1. The van der Waals surface area contributed by atoms with Gasteiger partial charge in [-0.25, -0.2) is 8.78 Å². The molecule has 0 spiro atoms. The van der Waals surface area contributed by atoms with E-state index in [0.717, 1.165) is 25.9 Å². The highest BCUT2D eigenvalue weighted by Gasteiger charge is 2.30. The van der Waals surface area contributed by atoms with Crippen molar-refractivity contribution in [2.75, 3.05) is 32.7 Å². The number of hydrogen-bond donors (Lipinski definition) is 1. The summed E-state index contributed by atoms with van der Waals surface area (Å²) in [4.78, 5) is 16.0. The zero-order valence-corrected chi connectivity index (χ0v) is 12.5. The highest BCUT2D eigenvalue weighted by Crippen LogP contribution is 2.21. The summed E-state index contributed by atoms with van der Waals surface area (Å²) in [5.41, 5.74) is 0.120. The maximum atomic E-state index is 13.8. The Morgan fingerprint density at radius 3 is 2.73 bits per heavy atom. The number of carbonyl (C=O) groups is 1. The number of piperazine rings is 1. The fourth-order valence-electron chi connectivity index (χ4n) is 3.34. The summed E-state index contributed by atoms with van der Waals surface area (Å²) in [6.07, 6.45) is 1.90. The van der Waals surface area contributed by atoms with E-state index in [1.165, 1.54) is 18.2 Å². The van der Waals surface area contributed by atoms with Crippen LogP contribution in [-0.2, 0) is 11.3 Å². The Balaban J connectivity index is 1.67. The lowest BCUT2D eigenvalue weighted by molar-refractivity contribution is -0.135. The van der Waals surface area contributed by atoms with Crippen LogP contribution < -0.4 is 5.32 Å². The van der Waals surface area contributed by atoms with Crippen LogP contribution in [0.2, 0.25) is 0 Å². The average molecular weight is 309 g/mol. The van der Waals surface area contributed by atoms with Gasteiger partial charge in [-0.3, -0.25) is 9.69 Å². The van der Waals surface area contributed by atoms with E-state index in [1.54, 1.807) is 0 Å². The maximum Gasteiger partial charge on any atom is 0.236 e. The van der Waals surface area contributed by atoms with Crippen molar-refractivity contribution in [3.05, 3.63) is 35.4 Å². The lowest BCUT2D eigenvalue weighted by Gasteiger charge is -2.41. The minimum atomic E-state index is -0.500. The van der Waals surface area contributed by atoms with Crippen LogP contribution in [0.15, 0.2) is 18.2 Å². The zero-order chi connectivity index (χ0) is 15.5. The van der Waals surface area contributed by atoms with E-state index in [4.69, 9.17) is 0 Å². The van der Waals surface area contributed by atoms with Gasteiger partial charge in [0.05, 0.1) is 6.54 Å². The van der Waals surface area contributed by atoms with Crippen molar-refractivity contribution in [1.29, 1.82) is 0 Å². The quantitative estimate of drug-likeness (QED) is 0.916. The van der Waals surface area contributed by atoms with Crippen molar-refractivity contribution in [3.63, 3.8) is 0 Å². The third kappa shape index (κ3) is 3.28. The third-order valence-corrected chi connectivity index (χ3v) is 4.49. The maximum absolute atomic E-state index is 13.8. The molecule has 2 saturated heterocycles. The van der Waals surface area contributed by atoms with Gasteiger partial charge in [0.2, 0.25) is 5.91 Å². The lowest BCUT2D eigenvalue weighted by Crippen LogP contribution is -2.56. The van der Waals surface area contributed by atoms with E-state index < -0.39 is 11.6 Å². The summed E-state index contributed by atoms with van der Waals surface area (Å²) in [5.74, 6) is -0.879. The van der Waals surface area contributed by atoms with Crippen LogP contribution in [0.25, 0.3) is 0 Å². The van der Waals surface area contributed by atoms with E-state index in [2.05, 4.69) is 5.32 Å². The van der Waals surface area contributed by atoms with Gasteiger partial charge in [-0.05, 0) is 31.5 Å². The number of rotatable bonds is 3. The molecule has 2 aliphatic rings. The third-order valence-electron chi connectivity index (χ3n) is 4.49. The minimum Gasteiger partial charge on any atom is -0.336 e. The van der Waals surface area contributed by atoms with E-state index in [1.807, 2.05) is 9.80 Å². The Bertz CT molecular complexity index is 532. The van der Waals surface area contributed by atoms with Gasteiger partial charge in [-0.15, -0.1) is 0 Å². The molecule has 0 radical (unpaired) electrons. The van der Waals surface area contributed by atoms with Crippen LogP contribution in [0, 0.1) is 11.6 Å². The van der Waals surface area contributed by atoms with Gasteiger partial charge >= 0.3 is 0 Å². The molecular weight excluding hydrogens is 288 g/mol. The van der Waals surface area contributed by atoms with E-state index >= 15 is 0 Å². The van der Waals surface area contributed by atoms with Crippen LogP contribution >= 0.6 is 0 Å². The van der Waals surface area contributed by atoms with Gasteiger partial charge in [0, 0.05) is 37.8 Å². The molecule has 1 unspecified atom stereocenters. The normalized spacial score (nSPS) is 23.8. The molecule has 2 aliphatic heterocycles. The number of amides is 1. The highest BCUT2D eigenvalue weighted by molar-refractivity contribution is 5.79. The number of nitrogens with zero attached hydrogens (tertiary/aromatic N) is 2. The number of benzene rings is 1. The zero-order valence-electron chi connectivity index (χ0n) is 12.5. The lowest BCUT2D eigenvalue weighted by atomic mass is 10.0. The largest absolute Gasteiger partial charge is 0.336 e. The van der Waals surface area contributed by atoms with E-state index in [9.17, 15) is 13.6 Å². The molecule has 0 saturated carbocycles. The van der Waals surface area contributed by atoms with Crippen LogP contribution in [0.5, 0.6) is 0 Å². The standard InChI is InChI=1S/C16H21F2N3O/c17-14-4-1-5-15(18)13(14)11-20-7-2-3-12(10-20)21-8-6-19-9-16(21)22/h1,4-5,12,19H,2-3,6-11H2. The van der Waals surface area contributed by atoms with Gasteiger partial charge in [0.1, 0.15) is 11.6 Å². The number of carbonyl (C=O) groups excluding carboxylic acids is 1. The second-order valence-corrected chi connectivity index (χ2v) is 6.00. The monoisotopic (exact) mass is 309 g/mol. The van der Waals surface area contributed by atoms with Crippen molar-refractivity contribution in [2.24, 2.45) is 0 Å². The molecule has 120 valence electrons. The first-order valence-corrected chi connectivity index (χ1v) is 7.80. The number of likely N-dealkylation sites (tertiary alicyclic amines) is 1. The molecule has 1 aromatic rings. The van der Waals surface area contributed by atoms with Crippen LogP contribution in [0.1, 0.15) is 18.4 Å². The molecule has 1 aromatic carbocycles. The summed E-state index contributed by atoms with van der Waals surface area (Å²) in [7, 11) is 0. The minimum absolute atomic E-state index is 0.120. The van der Waals surface area contributed by atoms with Gasteiger partial charge in [-0.2, -0.15) is 0 Å². The summed E-state index contributed by atoms with van der Waals surface area (Å²) in [6, 6.07) is 4.12. The van der Waals surface area contributed by atoms with Crippen molar-refractivity contribution in [2.45, 2.75) is 25.4 Å². The van der Waals surface area contributed by atoms with E-state index in [-0.39, 0.29) is 24.1 Å². The highest BCUT2D eigenvalue weighted by atomic mass is 19.1. The van der Waals surface area contributed by atoms with Crippen molar-refractivity contribution < 1.29 is 13.6 Å². The summed E-state index contributed by atoms with van der Waals surface area (Å²) >= 11 is 0.